The van der Waals surface area contributed by atoms with E-state index in [2.05, 4.69) is 76.5 Å². The predicted molar refractivity (Wildman–Crippen MR) is 129 cm³/mol. The number of anilines is 1. The predicted octanol–water partition coefficient (Wildman–Crippen LogP) is 3.46. The standard InChI is InChI=1S/C21H28N6.HI/c1-22-21(27(5)15-17-9-8-12-26(17)4)23-14-16-13-20(25(2)3)24-19-11-7-6-10-18(16)19;/h6-13H,14-15H2,1-5H3,(H,22,23);1H. The number of aromatic nitrogens is 2. The largest absolute Gasteiger partial charge is 0.363 e. The van der Waals surface area contributed by atoms with E-state index < -0.39 is 0 Å². The summed E-state index contributed by atoms with van der Waals surface area (Å²) in [5.74, 6) is 1.82. The van der Waals surface area contributed by atoms with Gasteiger partial charge in [-0.25, -0.2) is 4.98 Å². The first-order valence-electron chi connectivity index (χ1n) is 9.07. The third-order valence-corrected chi connectivity index (χ3v) is 4.71. The molecule has 1 N–H and O–H groups in total. The smallest absolute Gasteiger partial charge is 0.194 e. The monoisotopic (exact) mass is 492 g/mol. The second-order valence-corrected chi connectivity index (χ2v) is 6.92. The number of para-hydroxylation sites is 1. The molecule has 0 aliphatic heterocycles. The molecule has 3 aromatic rings. The Morgan fingerprint density at radius 1 is 1.14 bits per heavy atom. The minimum Gasteiger partial charge on any atom is -0.363 e. The average molecular weight is 492 g/mol. The normalized spacial score (nSPS) is 11.2. The molecule has 0 unspecified atom stereocenters. The van der Waals surface area contributed by atoms with E-state index in [1.54, 1.807) is 0 Å². The van der Waals surface area contributed by atoms with Gasteiger partial charge in [-0.05, 0) is 29.8 Å². The van der Waals surface area contributed by atoms with E-state index in [9.17, 15) is 0 Å². The second-order valence-electron chi connectivity index (χ2n) is 6.92. The van der Waals surface area contributed by atoms with Crippen LogP contribution in [-0.4, -0.2) is 48.6 Å². The molecule has 0 aliphatic rings. The van der Waals surface area contributed by atoms with Crippen molar-refractivity contribution in [2.75, 3.05) is 33.1 Å². The molecule has 0 spiro atoms. The van der Waals surface area contributed by atoms with Gasteiger partial charge in [0.25, 0.3) is 0 Å². The van der Waals surface area contributed by atoms with Crippen molar-refractivity contribution in [1.29, 1.82) is 0 Å². The molecule has 28 heavy (non-hydrogen) atoms. The molecule has 2 aromatic heterocycles. The quantitative estimate of drug-likeness (QED) is 0.337. The summed E-state index contributed by atoms with van der Waals surface area (Å²) in [5, 5.41) is 4.66. The maximum atomic E-state index is 4.73. The van der Waals surface area contributed by atoms with E-state index in [0.29, 0.717) is 6.54 Å². The summed E-state index contributed by atoms with van der Waals surface area (Å²) in [6.45, 7) is 1.48. The fourth-order valence-electron chi connectivity index (χ4n) is 3.14. The van der Waals surface area contributed by atoms with Gasteiger partial charge in [-0.2, -0.15) is 0 Å². The lowest BCUT2D eigenvalue weighted by atomic mass is 10.1. The fraction of sp³-hybridized carbons (Fsp3) is 0.333. The van der Waals surface area contributed by atoms with Crippen LogP contribution in [0.1, 0.15) is 11.3 Å². The molecule has 0 saturated carbocycles. The van der Waals surface area contributed by atoms with Crippen LogP contribution in [0.5, 0.6) is 0 Å². The number of aliphatic imine (C=N–C) groups is 1. The van der Waals surface area contributed by atoms with E-state index >= 15 is 0 Å². The Hall–Kier alpha value is -2.29. The summed E-state index contributed by atoms with van der Waals surface area (Å²) in [4.78, 5) is 13.3. The summed E-state index contributed by atoms with van der Waals surface area (Å²) in [6.07, 6.45) is 2.06. The van der Waals surface area contributed by atoms with Gasteiger partial charge in [0.15, 0.2) is 5.96 Å². The van der Waals surface area contributed by atoms with Gasteiger partial charge in [-0.15, -0.1) is 24.0 Å². The van der Waals surface area contributed by atoms with Gasteiger partial charge >= 0.3 is 0 Å². The molecule has 6 nitrogen and oxygen atoms in total. The zero-order chi connectivity index (χ0) is 19.4. The first-order chi connectivity index (χ1) is 13.0. The van der Waals surface area contributed by atoms with E-state index in [1.807, 2.05) is 32.1 Å². The molecule has 1 aromatic carbocycles. The van der Waals surface area contributed by atoms with Gasteiger partial charge in [0.1, 0.15) is 5.82 Å². The van der Waals surface area contributed by atoms with Crippen molar-refractivity contribution in [2.45, 2.75) is 13.1 Å². The summed E-state index contributed by atoms with van der Waals surface area (Å²) in [7, 11) is 9.96. The third-order valence-electron chi connectivity index (χ3n) is 4.71. The molecule has 0 aliphatic carbocycles. The van der Waals surface area contributed by atoms with Crippen LogP contribution in [0.15, 0.2) is 53.7 Å². The number of hydrogen-bond acceptors (Lipinski definition) is 3. The highest BCUT2D eigenvalue weighted by Gasteiger charge is 2.11. The van der Waals surface area contributed by atoms with Crippen LogP contribution < -0.4 is 10.2 Å². The molecule has 2 heterocycles. The van der Waals surface area contributed by atoms with E-state index in [1.165, 1.54) is 11.3 Å². The number of aryl methyl sites for hydroxylation is 1. The van der Waals surface area contributed by atoms with E-state index in [4.69, 9.17) is 4.98 Å². The Kier molecular flexibility index (Phi) is 7.68. The van der Waals surface area contributed by atoms with Crippen molar-refractivity contribution < 1.29 is 0 Å². The Labute approximate surface area is 184 Å². The first-order valence-corrected chi connectivity index (χ1v) is 9.07. The SMILES string of the molecule is CN=C(NCc1cc(N(C)C)nc2ccccc12)N(C)Cc1cccn1C.I. The highest BCUT2D eigenvalue weighted by atomic mass is 127. The highest BCUT2D eigenvalue weighted by molar-refractivity contribution is 14.0. The summed E-state index contributed by atoms with van der Waals surface area (Å²) in [6, 6.07) is 14.6. The topological polar surface area (TPSA) is 48.7 Å². The number of halogens is 1. The summed E-state index contributed by atoms with van der Waals surface area (Å²) < 4.78 is 2.13. The van der Waals surface area contributed by atoms with Gasteiger partial charge in [0, 0.05) is 59.1 Å². The maximum absolute atomic E-state index is 4.73. The van der Waals surface area contributed by atoms with Crippen LogP contribution in [0.4, 0.5) is 5.82 Å². The van der Waals surface area contributed by atoms with Crippen LogP contribution in [-0.2, 0) is 20.1 Å². The summed E-state index contributed by atoms with van der Waals surface area (Å²) in [5.41, 5.74) is 3.45. The zero-order valence-corrected chi connectivity index (χ0v) is 19.5. The van der Waals surface area contributed by atoms with Crippen LogP contribution in [0.2, 0.25) is 0 Å². The first kappa shape index (κ1) is 22.0. The molecular weight excluding hydrogens is 463 g/mol. The molecule has 3 rings (SSSR count). The van der Waals surface area contributed by atoms with Crippen molar-refractivity contribution in [1.82, 2.24) is 19.8 Å². The van der Waals surface area contributed by atoms with E-state index in [-0.39, 0.29) is 24.0 Å². The lowest BCUT2D eigenvalue weighted by molar-refractivity contribution is 0.462. The Balaban J connectivity index is 0.00000280. The number of fused-ring (bicyclic) bond motifs is 1. The van der Waals surface area contributed by atoms with Gasteiger partial charge in [0.05, 0.1) is 12.1 Å². The van der Waals surface area contributed by atoms with Crippen LogP contribution >= 0.6 is 24.0 Å². The van der Waals surface area contributed by atoms with Crippen LogP contribution in [0.25, 0.3) is 10.9 Å². The zero-order valence-electron chi connectivity index (χ0n) is 17.2. The van der Waals surface area contributed by atoms with Gasteiger partial charge in [-0.3, -0.25) is 4.99 Å². The molecule has 0 bridgehead atoms. The van der Waals surface area contributed by atoms with Gasteiger partial charge in [-0.1, -0.05) is 18.2 Å². The van der Waals surface area contributed by atoms with Gasteiger partial charge in [0.2, 0.25) is 0 Å². The Bertz CT molecular complexity index is 947. The van der Waals surface area contributed by atoms with Crippen molar-refractivity contribution in [3.8, 4) is 0 Å². The number of hydrogen-bond donors (Lipinski definition) is 1. The molecule has 7 heteroatoms. The average Bonchev–Trinajstić information content (AvgIpc) is 3.06. The number of nitrogens with zero attached hydrogens (tertiary/aromatic N) is 5. The number of benzene rings is 1. The van der Waals surface area contributed by atoms with E-state index in [0.717, 1.165) is 29.2 Å². The lowest BCUT2D eigenvalue weighted by Gasteiger charge is -2.23. The Morgan fingerprint density at radius 2 is 1.89 bits per heavy atom. The van der Waals surface area contributed by atoms with Crippen molar-refractivity contribution in [2.24, 2.45) is 12.0 Å². The van der Waals surface area contributed by atoms with Crippen LogP contribution in [0, 0.1) is 0 Å². The number of rotatable bonds is 5. The maximum Gasteiger partial charge on any atom is 0.194 e. The van der Waals surface area contributed by atoms with Crippen molar-refractivity contribution >= 4 is 46.7 Å². The van der Waals surface area contributed by atoms with Crippen LogP contribution in [0.3, 0.4) is 0 Å². The molecule has 150 valence electrons. The molecule has 0 atom stereocenters. The lowest BCUT2D eigenvalue weighted by Crippen LogP contribution is -2.38. The molecule has 0 fully saturated rings. The fourth-order valence-corrected chi connectivity index (χ4v) is 3.14. The molecule has 0 amide bonds. The third kappa shape index (κ3) is 4.95. The highest BCUT2D eigenvalue weighted by Crippen LogP contribution is 2.22. The number of guanidine groups is 1. The Morgan fingerprint density at radius 3 is 2.54 bits per heavy atom. The van der Waals surface area contributed by atoms with Crippen molar-refractivity contribution in [3.05, 3.63) is 59.9 Å². The number of pyridine rings is 1. The molecule has 0 saturated heterocycles. The van der Waals surface area contributed by atoms with Gasteiger partial charge < -0.3 is 19.7 Å². The minimum atomic E-state index is 0. The molecular formula is C21H29IN6. The number of nitrogens with one attached hydrogen (secondary N) is 1. The van der Waals surface area contributed by atoms with Crippen molar-refractivity contribution in [3.63, 3.8) is 0 Å². The second kappa shape index (κ2) is 9.77. The molecule has 0 radical (unpaired) electrons. The summed E-state index contributed by atoms with van der Waals surface area (Å²) >= 11 is 0. The minimum absolute atomic E-state index is 0.